The number of rotatable bonds is 19. The highest BCUT2D eigenvalue weighted by Crippen LogP contribution is 2.12. The van der Waals surface area contributed by atoms with Crippen molar-refractivity contribution in [1.82, 2.24) is 10.2 Å². The molecule has 0 fully saturated rings. The molecule has 0 aliphatic heterocycles. The van der Waals surface area contributed by atoms with Gasteiger partial charge in [-0.1, -0.05) is 26.3 Å². The maximum Gasteiger partial charge on any atom is 0.333 e. The van der Waals surface area contributed by atoms with Crippen molar-refractivity contribution in [3.63, 3.8) is 0 Å². The van der Waals surface area contributed by atoms with Crippen molar-refractivity contribution in [3.05, 3.63) is 12.2 Å². The summed E-state index contributed by atoms with van der Waals surface area (Å²) in [7, 11) is 4.06. The largest absolute Gasteiger partial charge is 0.466 e. The third-order valence-corrected chi connectivity index (χ3v) is 5.76. The van der Waals surface area contributed by atoms with Crippen LogP contribution in [0.4, 0.5) is 0 Å². The Bertz CT molecular complexity index is 540. The predicted octanol–water partition coefficient (Wildman–Crippen LogP) is 3.43. The number of carbonyl (C=O) groups excluding carboxylic acids is 3. The number of esters is 2. The average Bonchev–Trinajstić information content (AvgIpc) is 2.72. The standard InChI is InChI=1S/C23H42N2O5S/c1-19(2)23(28)30-16-10-12-21(26)29-15-8-6-7-9-17-31-18-20(3)22(27)24-13-11-14-25(4)5/h20H,1,6-18H2,2-5H3,(H,24,27). The van der Waals surface area contributed by atoms with Gasteiger partial charge in [0.25, 0.3) is 0 Å². The monoisotopic (exact) mass is 458 g/mol. The number of thioether (sulfide) groups is 1. The van der Waals surface area contributed by atoms with Crippen LogP contribution in [0.2, 0.25) is 0 Å². The Labute approximate surface area is 192 Å². The molecule has 0 bridgehead atoms. The minimum atomic E-state index is -0.431. The Morgan fingerprint density at radius 1 is 1.00 bits per heavy atom. The summed E-state index contributed by atoms with van der Waals surface area (Å²) in [4.78, 5) is 36.9. The quantitative estimate of drug-likeness (QED) is 0.180. The summed E-state index contributed by atoms with van der Waals surface area (Å²) >= 11 is 1.82. The van der Waals surface area contributed by atoms with Gasteiger partial charge in [0.05, 0.1) is 13.2 Å². The lowest BCUT2D eigenvalue weighted by molar-refractivity contribution is -0.146. The Morgan fingerprint density at radius 3 is 2.35 bits per heavy atom. The Morgan fingerprint density at radius 2 is 1.68 bits per heavy atom. The minimum Gasteiger partial charge on any atom is -0.466 e. The fourth-order valence-electron chi connectivity index (χ4n) is 2.54. The zero-order valence-electron chi connectivity index (χ0n) is 19.9. The number of nitrogens with one attached hydrogen (secondary N) is 1. The molecule has 8 heteroatoms. The number of nitrogens with zero attached hydrogens (tertiary/aromatic N) is 1. The molecule has 0 spiro atoms. The van der Waals surface area contributed by atoms with Gasteiger partial charge in [0.1, 0.15) is 0 Å². The SMILES string of the molecule is C=C(C)C(=O)OCCCC(=O)OCCCCCCSCC(C)C(=O)NCCCN(C)C. The molecule has 180 valence electrons. The number of hydrogen-bond acceptors (Lipinski definition) is 7. The summed E-state index contributed by atoms with van der Waals surface area (Å²) in [6.07, 6.45) is 5.75. The van der Waals surface area contributed by atoms with E-state index in [2.05, 4.69) is 16.8 Å². The lowest BCUT2D eigenvalue weighted by Gasteiger charge is -2.13. The number of hydrogen-bond donors (Lipinski definition) is 1. The molecular weight excluding hydrogens is 416 g/mol. The van der Waals surface area contributed by atoms with Gasteiger partial charge in [0.15, 0.2) is 0 Å². The summed E-state index contributed by atoms with van der Waals surface area (Å²) < 4.78 is 10.1. The third-order valence-electron chi connectivity index (χ3n) is 4.45. The molecule has 0 aromatic heterocycles. The second-order valence-electron chi connectivity index (χ2n) is 8.08. The van der Waals surface area contributed by atoms with Crippen LogP contribution in [0.1, 0.15) is 58.8 Å². The van der Waals surface area contributed by atoms with Gasteiger partial charge in [0.2, 0.25) is 5.91 Å². The first-order valence-corrected chi connectivity index (χ1v) is 12.4. The number of ether oxygens (including phenoxy) is 2. The molecule has 1 N–H and O–H groups in total. The first-order valence-electron chi connectivity index (χ1n) is 11.2. The number of carbonyl (C=O) groups is 3. The highest BCUT2D eigenvalue weighted by atomic mass is 32.2. The highest BCUT2D eigenvalue weighted by Gasteiger charge is 2.12. The van der Waals surface area contributed by atoms with Crippen molar-refractivity contribution in [3.8, 4) is 0 Å². The summed E-state index contributed by atoms with van der Waals surface area (Å²) in [6, 6.07) is 0. The van der Waals surface area contributed by atoms with Gasteiger partial charge in [-0.3, -0.25) is 9.59 Å². The van der Waals surface area contributed by atoms with Gasteiger partial charge in [-0.25, -0.2) is 4.79 Å². The van der Waals surface area contributed by atoms with Crippen molar-refractivity contribution in [1.29, 1.82) is 0 Å². The highest BCUT2D eigenvalue weighted by molar-refractivity contribution is 7.99. The van der Waals surface area contributed by atoms with E-state index >= 15 is 0 Å². The molecule has 0 saturated carbocycles. The van der Waals surface area contributed by atoms with Crippen LogP contribution >= 0.6 is 11.8 Å². The second-order valence-corrected chi connectivity index (χ2v) is 9.23. The summed E-state index contributed by atoms with van der Waals surface area (Å²) in [6.45, 7) is 9.42. The normalized spacial score (nSPS) is 11.8. The van der Waals surface area contributed by atoms with E-state index in [1.807, 2.05) is 32.8 Å². The zero-order chi connectivity index (χ0) is 23.5. The van der Waals surface area contributed by atoms with Crippen LogP contribution in [0.15, 0.2) is 12.2 Å². The Kier molecular flexibility index (Phi) is 18.2. The van der Waals surface area contributed by atoms with E-state index in [-0.39, 0.29) is 30.8 Å². The summed E-state index contributed by atoms with van der Waals surface area (Å²) in [5.41, 5.74) is 0.354. The number of unbranched alkanes of at least 4 members (excludes halogenated alkanes) is 3. The van der Waals surface area contributed by atoms with E-state index in [0.29, 0.717) is 18.6 Å². The molecule has 0 aromatic rings. The topological polar surface area (TPSA) is 84.9 Å². The van der Waals surface area contributed by atoms with Gasteiger partial charge in [-0.15, -0.1) is 0 Å². The maximum absolute atomic E-state index is 12.0. The van der Waals surface area contributed by atoms with Crippen molar-refractivity contribution in [2.45, 2.75) is 58.8 Å². The smallest absolute Gasteiger partial charge is 0.333 e. The molecule has 1 atom stereocenters. The van der Waals surface area contributed by atoms with Crippen molar-refractivity contribution in [2.75, 3.05) is 51.9 Å². The molecule has 0 saturated heterocycles. The molecule has 7 nitrogen and oxygen atoms in total. The van der Waals surface area contributed by atoms with Crippen molar-refractivity contribution < 1.29 is 23.9 Å². The molecule has 0 radical (unpaired) electrons. The first-order chi connectivity index (χ1) is 14.7. The van der Waals surface area contributed by atoms with E-state index in [1.165, 1.54) is 0 Å². The Hall–Kier alpha value is -1.54. The molecule has 1 amide bonds. The average molecular weight is 459 g/mol. The first kappa shape index (κ1) is 29.5. The Balaban J connectivity index is 3.47. The number of amides is 1. The maximum atomic E-state index is 12.0. The molecule has 0 aromatic carbocycles. The molecule has 0 heterocycles. The molecule has 0 aliphatic rings. The van der Waals surface area contributed by atoms with Crippen LogP contribution in [0.3, 0.4) is 0 Å². The van der Waals surface area contributed by atoms with Gasteiger partial charge < -0.3 is 19.7 Å². The van der Waals surface area contributed by atoms with Gasteiger partial charge >= 0.3 is 11.9 Å². The van der Waals surface area contributed by atoms with E-state index in [9.17, 15) is 14.4 Å². The van der Waals surface area contributed by atoms with Gasteiger partial charge in [-0.05, 0) is 59.0 Å². The van der Waals surface area contributed by atoms with Crippen LogP contribution in [-0.2, 0) is 23.9 Å². The lowest BCUT2D eigenvalue weighted by atomic mass is 10.2. The molecule has 31 heavy (non-hydrogen) atoms. The van der Waals surface area contributed by atoms with E-state index in [1.54, 1.807) is 6.92 Å². The van der Waals surface area contributed by atoms with E-state index in [4.69, 9.17) is 9.47 Å². The molecule has 0 rings (SSSR count). The van der Waals surface area contributed by atoms with Crippen molar-refractivity contribution >= 4 is 29.6 Å². The van der Waals surface area contributed by atoms with Crippen LogP contribution in [0, 0.1) is 5.92 Å². The lowest BCUT2D eigenvalue weighted by Crippen LogP contribution is -2.32. The summed E-state index contributed by atoms with van der Waals surface area (Å²) in [5, 5.41) is 3.00. The minimum absolute atomic E-state index is 0.0353. The zero-order valence-corrected chi connectivity index (χ0v) is 20.7. The third kappa shape index (κ3) is 18.9. The van der Waals surface area contributed by atoms with Crippen LogP contribution in [0.5, 0.6) is 0 Å². The molecule has 0 aliphatic carbocycles. The second kappa shape index (κ2) is 19.2. The molecule has 1 unspecified atom stereocenters. The van der Waals surface area contributed by atoms with Crippen LogP contribution in [-0.4, -0.2) is 74.7 Å². The predicted molar refractivity (Wildman–Crippen MR) is 127 cm³/mol. The van der Waals surface area contributed by atoms with Gasteiger partial charge in [0, 0.05) is 30.2 Å². The fraction of sp³-hybridized carbons (Fsp3) is 0.783. The molecular formula is C23H42N2O5S. The van der Waals surface area contributed by atoms with Crippen molar-refractivity contribution in [2.24, 2.45) is 5.92 Å². The van der Waals surface area contributed by atoms with Crippen LogP contribution in [0.25, 0.3) is 0 Å². The van der Waals surface area contributed by atoms with E-state index < -0.39 is 5.97 Å². The van der Waals surface area contributed by atoms with Crippen LogP contribution < -0.4 is 5.32 Å². The van der Waals surface area contributed by atoms with E-state index in [0.717, 1.165) is 56.7 Å². The fourth-order valence-corrected chi connectivity index (χ4v) is 3.62. The summed E-state index contributed by atoms with van der Waals surface area (Å²) in [5.74, 6) is 1.38. The van der Waals surface area contributed by atoms with Gasteiger partial charge in [-0.2, -0.15) is 11.8 Å².